The van der Waals surface area contributed by atoms with Crippen LogP contribution in [0.5, 0.6) is 11.5 Å². The molecular formula is C21H30IN3O3. The van der Waals surface area contributed by atoms with E-state index in [4.69, 9.17) is 9.47 Å². The highest BCUT2D eigenvalue weighted by molar-refractivity contribution is 14.0. The van der Waals surface area contributed by atoms with Gasteiger partial charge in [-0.3, -0.25) is 0 Å². The number of nitrogens with zero attached hydrogens (tertiary/aromatic N) is 1. The lowest BCUT2D eigenvalue weighted by atomic mass is 10.1. The molecule has 1 unspecified atom stereocenters. The topological polar surface area (TPSA) is 75.1 Å². The molecule has 0 aromatic heterocycles. The molecule has 28 heavy (non-hydrogen) atoms. The first-order chi connectivity index (χ1) is 13.1. The lowest BCUT2D eigenvalue weighted by Crippen LogP contribution is -2.38. The van der Waals surface area contributed by atoms with E-state index in [0.29, 0.717) is 12.5 Å². The van der Waals surface area contributed by atoms with Crippen LogP contribution in [0, 0.1) is 0 Å². The van der Waals surface area contributed by atoms with Gasteiger partial charge in [0.05, 0.1) is 33.4 Å². The van der Waals surface area contributed by atoms with Crippen LogP contribution in [0.15, 0.2) is 47.5 Å². The maximum atomic E-state index is 9.48. The third-order valence-electron chi connectivity index (χ3n) is 4.30. The maximum Gasteiger partial charge on any atom is 0.192 e. The molecular weight excluding hydrogens is 469 g/mol. The SMILES string of the molecule is CCNC(=NCc1ccccc1CO)NC(C)c1cc(OC)ccc1OC.I. The van der Waals surface area contributed by atoms with E-state index in [-0.39, 0.29) is 36.6 Å². The summed E-state index contributed by atoms with van der Waals surface area (Å²) in [5, 5.41) is 16.2. The molecule has 0 spiro atoms. The van der Waals surface area contributed by atoms with Crippen LogP contribution in [-0.4, -0.2) is 31.8 Å². The highest BCUT2D eigenvalue weighted by Crippen LogP contribution is 2.29. The molecule has 7 heteroatoms. The summed E-state index contributed by atoms with van der Waals surface area (Å²) in [4.78, 5) is 4.67. The Kier molecular flexibility index (Phi) is 10.7. The van der Waals surface area contributed by atoms with E-state index in [2.05, 4.69) is 15.6 Å². The summed E-state index contributed by atoms with van der Waals surface area (Å²) in [5.41, 5.74) is 2.88. The van der Waals surface area contributed by atoms with Crippen molar-refractivity contribution in [2.24, 2.45) is 4.99 Å². The zero-order valence-electron chi connectivity index (χ0n) is 16.9. The van der Waals surface area contributed by atoms with Crippen LogP contribution in [0.2, 0.25) is 0 Å². The van der Waals surface area contributed by atoms with E-state index in [1.165, 1.54) is 0 Å². The molecule has 2 rings (SSSR count). The predicted molar refractivity (Wildman–Crippen MR) is 124 cm³/mol. The van der Waals surface area contributed by atoms with Crippen molar-refractivity contribution in [2.45, 2.75) is 33.0 Å². The van der Waals surface area contributed by atoms with Gasteiger partial charge in [-0.05, 0) is 43.2 Å². The summed E-state index contributed by atoms with van der Waals surface area (Å²) in [5.74, 6) is 2.26. The van der Waals surface area contributed by atoms with E-state index in [9.17, 15) is 5.11 Å². The highest BCUT2D eigenvalue weighted by Gasteiger charge is 2.14. The monoisotopic (exact) mass is 499 g/mol. The van der Waals surface area contributed by atoms with Gasteiger partial charge in [-0.25, -0.2) is 4.99 Å². The van der Waals surface area contributed by atoms with Crippen molar-refractivity contribution in [3.63, 3.8) is 0 Å². The first kappa shape index (κ1) is 24.0. The Hall–Kier alpha value is -2.00. The third kappa shape index (κ3) is 6.56. The van der Waals surface area contributed by atoms with Crippen molar-refractivity contribution >= 4 is 29.9 Å². The Morgan fingerprint density at radius 1 is 1.11 bits per heavy atom. The number of rotatable bonds is 8. The van der Waals surface area contributed by atoms with E-state index in [1.54, 1.807) is 14.2 Å². The Morgan fingerprint density at radius 2 is 1.82 bits per heavy atom. The highest BCUT2D eigenvalue weighted by atomic mass is 127. The largest absolute Gasteiger partial charge is 0.497 e. The van der Waals surface area contributed by atoms with Crippen molar-refractivity contribution in [1.82, 2.24) is 10.6 Å². The first-order valence-corrected chi connectivity index (χ1v) is 9.07. The van der Waals surface area contributed by atoms with Gasteiger partial charge in [-0.2, -0.15) is 0 Å². The summed E-state index contributed by atoms with van der Waals surface area (Å²) in [6.45, 7) is 5.30. The van der Waals surface area contributed by atoms with Gasteiger partial charge >= 0.3 is 0 Å². The molecule has 1 atom stereocenters. The van der Waals surface area contributed by atoms with Gasteiger partial charge in [-0.1, -0.05) is 24.3 Å². The average Bonchev–Trinajstić information content (AvgIpc) is 2.71. The second-order valence-corrected chi connectivity index (χ2v) is 6.10. The maximum absolute atomic E-state index is 9.48. The minimum atomic E-state index is -0.0408. The van der Waals surface area contributed by atoms with Crippen molar-refractivity contribution < 1.29 is 14.6 Å². The average molecular weight is 499 g/mol. The van der Waals surface area contributed by atoms with Crippen LogP contribution in [0.4, 0.5) is 0 Å². The molecule has 0 aliphatic rings. The minimum absolute atomic E-state index is 0. The summed E-state index contributed by atoms with van der Waals surface area (Å²) in [7, 11) is 3.30. The molecule has 0 aliphatic heterocycles. The lowest BCUT2D eigenvalue weighted by molar-refractivity contribution is 0.280. The van der Waals surface area contributed by atoms with Crippen molar-refractivity contribution in [1.29, 1.82) is 0 Å². The molecule has 0 saturated carbocycles. The predicted octanol–water partition coefficient (Wildman–Crippen LogP) is 3.63. The number of benzene rings is 2. The number of aliphatic imine (C=N–C) groups is 1. The van der Waals surface area contributed by atoms with Crippen LogP contribution < -0.4 is 20.1 Å². The van der Waals surface area contributed by atoms with Crippen molar-refractivity contribution in [3.05, 3.63) is 59.2 Å². The van der Waals surface area contributed by atoms with Crippen LogP contribution >= 0.6 is 24.0 Å². The van der Waals surface area contributed by atoms with E-state index < -0.39 is 0 Å². The quantitative estimate of drug-likeness (QED) is 0.294. The molecule has 6 nitrogen and oxygen atoms in total. The number of guanidine groups is 1. The fraction of sp³-hybridized carbons (Fsp3) is 0.381. The molecule has 3 N–H and O–H groups in total. The van der Waals surface area contributed by atoms with Crippen LogP contribution in [0.1, 0.15) is 36.6 Å². The summed E-state index contributed by atoms with van der Waals surface area (Å²) >= 11 is 0. The van der Waals surface area contributed by atoms with Crippen LogP contribution in [0.3, 0.4) is 0 Å². The second-order valence-electron chi connectivity index (χ2n) is 6.10. The van der Waals surface area contributed by atoms with Gasteiger partial charge in [0.1, 0.15) is 11.5 Å². The van der Waals surface area contributed by atoms with E-state index in [1.807, 2.05) is 56.3 Å². The number of hydrogen-bond acceptors (Lipinski definition) is 4. The van der Waals surface area contributed by atoms with Gasteiger partial charge in [0, 0.05) is 12.1 Å². The van der Waals surface area contributed by atoms with Crippen molar-refractivity contribution in [2.75, 3.05) is 20.8 Å². The van der Waals surface area contributed by atoms with E-state index >= 15 is 0 Å². The van der Waals surface area contributed by atoms with Gasteiger partial charge < -0.3 is 25.2 Å². The Bertz CT molecular complexity index is 768. The Morgan fingerprint density at radius 3 is 2.43 bits per heavy atom. The number of hydrogen-bond donors (Lipinski definition) is 3. The van der Waals surface area contributed by atoms with Gasteiger partial charge in [0.15, 0.2) is 5.96 Å². The molecule has 2 aromatic carbocycles. The molecule has 0 amide bonds. The molecule has 0 aliphatic carbocycles. The number of methoxy groups -OCH3 is 2. The second kappa shape index (κ2) is 12.5. The van der Waals surface area contributed by atoms with E-state index in [0.717, 1.165) is 34.7 Å². The van der Waals surface area contributed by atoms with Gasteiger partial charge in [-0.15, -0.1) is 24.0 Å². The van der Waals surface area contributed by atoms with Crippen molar-refractivity contribution in [3.8, 4) is 11.5 Å². The van der Waals surface area contributed by atoms with Crippen LogP contribution in [-0.2, 0) is 13.2 Å². The Balaban J connectivity index is 0.00000392. The fourth-order valence-corrected chi connectivity index (χ4v) is 2.81. The standard InChI is InChI=1S/C21H29N3O3.HI/c1-5-22-21(23-13-16-8-6-7-9-17(16)14-25)24-15(2)19-12-18(26-3)10-11-20(19)27-4;/h6-12,15,25H,5,13-14H2,1-4H3,(H2,22,23,24);1H. The molecule has 0 saturated heterocycles. The minimum Gasteiger partial charge on any atom is -0.497 e. The molecule has 0 radical (unpaired) electrons. The molecule has 0 fully saturated rings. The Labute approximate surface area is 184 Å². The summed E-state index contributed by atoms with van der Waals surface area (Å²) < 4.78 is 10.8. The molecule has 2 aromatic rings. The number of nitrogens with one attached hydrogen (secondary N) is 2. The zero-order valence-corrected chi connectivity index (χ0v) is 19.2. The number of aliphatic hydroxyl groups excluding tert-OH is 1. The smallest absolute Gasteiger partial charge is 0.192 e. The van der Waals surface area contributed by atoms with Gasteiger partial charge in [0.25, 0.3) is 0 Å². The summed E-state index contributed by atoms with van der Waals surface area (Å²) in [6, 6.07) is 13.5. The normalized spacial score (nSPS) is 12.0. The molecule has 154 valence electrons. The number of aliphatic hydroxyl groups is 1. The number of ether oxygens (including phenoxy) is 2. The lowest BCUT2D eigenvalue weighted by Gasteiger charge is -2.21. The third-order valence-corrected chi connectivity index (χ3v) is 4.30. The van der Waals surface area contributed by atoms with Crippen LogP contribution in [0.25, 0.3) is 0 Å². The van der Waals surface area contributed by atoms with Gasteiger partial charge in [0.2, 0.25) is 0 Å². The summed E-state index contributed by atoms with van der Waals surface area (Å²) in [6.07, 6.45) is 0. The fourth-order valence-electron chi connectivity index (χ4n) is 2.81. The first-order valence-electron chi connectivity index (χ1n) is 9.07. The molecule has 0 bridgehead atoms. The number of halogens is 1. The molecule has 0 heterocycles. The zero-order chi connectivity index (χ0) is 19.6.